The van der Waals surface area contributed by atoms with Crippen LogP contribution in [0.25, 0.3) is 0 Å². The highest BCUT2D eigenvalue weighted by atomic mass is 16.4. The Morgan fingerprint density at radius 1 is 1.25 bits per heavy atom. The monoisotopic (exact) mass is 288 g/mol. The number of urea groups is 1. The van der Waals surface area contributed by atoms with E-state index in [0.717, 1.165) is 0 Å². The third-order valence-electron chi connectivity index (χ3n) is 2.83. The van der Waals surface area contributed by atoms with E-state index in [9.17, 15) is 9.59 Å². The van der Waals surface area contributed by atoms with Gasteiger partial charge in [0.15, 0.2) is 0 Å². The molecule has 0 aliphatic rings. The van der Waals surface area contributed by atoms with Gasteiger partial charge in [-0.15, -0.1) is 0 Å². The summed E-state index contributed by atoms with van der Waals surface area (Å²) in [5, 5.41) is 20.7. The van der Waals surface area contributed by atoms with Gasteiger partial charge in [0.2, 0.25) is 0 Å². The molecule has 0 aromatic carbocycles. The van der Waals surface area contributed by atoms with Crippen molar-refractivity contribution in [2.45, 2.75) is 59.5 Å². The average Bonchev–Trinajstić information content (AvgIpc) is 2.21. The molecule has 0 aromatic heterocycles. The Balaban J connectivity index is 4.77. The first-order chi connectivity index (χ1) is 9.06. The summed E-state index contributed by atoms with van der Waals surface area (Å²) in [6.07, 6.45) is 0.476. The molecule has 6 heteroatoms. The SMILES string of the molecule is CC(C)N(CCO)C(=O)NC(CC(=O)O)CC(C)(C)C. The minimum Gasteiger partial charge on any atom is -0.481 e. The minimum absolute atomic E-state index is 0.0535. The maximum atomic E-state index is 12.2. The van der Waals surface area contributed by atoms with Crippen molar-refractivity contribution in [1.82, 2.24) is 10.2 Å². The van der Waals surface area contributed by atoms with Crippen LogP contribution >= 0.6 is 0 Å². The number of nitrogens with one attached hydrogen (secondary N) is 1. The average molecular weight is 288 g/mol. The van der Waals surface area contributed by atoms with Crippen molar-refractivity contribution < 1.29 is 19.8 Å². The van der Waals surface area contributed by atoms with Crippen molar-refractivity contribution >= 4 is 12.0 Å². The molecule has 0 spiro atoms. The Morgan fingerprint density at radius 3 is 2.15 bits per heavy atom. The van der Waals surface area contributed by atoms with Gasteiger partial charge in [-0.3, -0.25) is 4.79 Å². The van der Waals surface area contributed by atoms with Crippen LogP contribution in [0, 0.1) is 5.41 Å². The molecule has 3 N–H and O–H groups in total. The van der Waals surface area contributed by atoms with E-state index in [1.165, 1.54) is 4.90 Å². The highest BCUT2D eigenvalue weighted by Crippen LogP contribution is 2.22. The van der Waals surface area contributed by atoms with E-state index in [1.807, 2.05) is 34.6 Å². The summed E-state index contributed by atoms with van der Waals surface area (Å²) in [5.41, 5.74) is -0.0764. The van der Waals surface area contributed by atoms with Gasteiger partial charge in [0.25, 0.3) is 0 Å². The first kappa shape index (κ1) is 18.7. The lowest BCUT2D eigenvalue weighted by Crippen LogP contribution is -2.50. The number of nitrogens with zero attached hydrogens (tertiary/aromatic N) is 1. The summed E-state index contributed by atoms with van der Waals surface area (Å²) in [4.78, 5) is 24.6. The third-order valence-corrected chi connectivity index (χ3v) is 2.83. The Labute approximate surface area is 121 Å². The summed E-state index contributed by atoms with van der Waals surface area (Å²) in [6.45, 7) is 9.83. The quantitative estimate of drug-likeness (QED) is 0.665. The molecule has 0 fully saturated rings. The van der Waals surface area contributed by atoms with Crippen LogP contribution in [0.3, 0.4) is 0 Å². The van der Waals surface area contributed by atoms with Gasteiger partial charge in [-0.2, -0.15) is 0 Å². The van der Waals surface area contributed by atoms with Crippen molar-refractivity contribution in [3.63, 3.8) is 0 Å². The Hall–Kier alpha value is -1.30. The van der Waals surface area contributed by atoms with Crippen molar-refractivity contribution in [3.05, 3.63) is 0 Å². The standard InChI is InChI=1S/C14H28N2O4/c1-10(2)16(6-7-17)13(20)15-11(8-12(18)19)9-14(3,4)5/h10-11,17H,6-9H2,1-5H3,(H,15,20)(H,18,19). The zero-order valence-corrected chi connectivity index (χ0v) is 13.1. The number of hydrogen-bond acceptors (Lipinski definition) is 3. The van der Waals surface area contributed by atoms with E-state index in [0.29, 0.717) is 6.42 Å². The number of carboxylic acid groups (broad SMARTS) is 1. The molecule has 0 aliphatic heterocycles. The van der Waals surface area contributed by atoms with Crippen molar-refractivity contribution in [3.8, 4) is 0 Å². The van der Waals surface area contributed by atoms with Gasteiger partial charge in [-0.25, -0.2) is 4.79 Å². The number of aliphatic hydroxyl groups is 1. The van der Waals surface area contributed by atoms with Gasteiger partial charge in [0.1, 0.15) is 0 Å². The van der Waals surface area contributed by atoms with E-state index in [-0.39, 0.29) is 37.1 Å². The second-order valence-electron chi connectivity index (χ2n) is 6.52. The second kappa shape index (κ2) is 8.09. The largest absolute Gasteiger partial charge is 0.481 e. The molecule has 0 bridgehead atoms. The fourth-order valence-electron chi connectivity index (χ4n) is 2.08. The molecular formula is C14H28N2O4. The molecule has 2 amide bonds. The number of hydrogen-bond donors (Lipinski definition) is 3. The van der Waals surface area contributed by atoms with E-state index in [4.69, 9.17) is 10.2 Å². The second-order valence-corrected chi connectivity index (χ2v) is 6.52. The predicted octanol–water partition coefficient (Wildman–Crippen LogP) is 1.68. The molecule has 6 nitrogen and oxygen atoms in total. The van der Waals surface area contributed by atoms with E-state index < -0.39 is 12.0 Å². The van der Waals surface area contributed by atoms with Gasteiger partial charge in [0, 0.05) is 18.6 Å². The van der Waals surface area contributed by atoms with Crippen molar-refractivity contribution in [1.29, 1.82) is 0 Å². The van der Waals surface area contributed by atoms with Crippen LogP contribution in [-0.2, 0) is 4.79 Å². The number of aliphatic carboxylic acids is 1. The van der Waals surface area contributed by atoms with Crippen LogP contribution < -0.4 is 5.32 Å². The lowest BCUT2D eigenvalue weighted by molar-refractivity contribution is -0.137. The summed E-state index contributed by atoms with van der Waals surface area (Å²) in [5.74, 6) is -0.933. The summed E-state index contributed by atoms with van der Waals surface area (Å²) in [6, 6.07) is -0.799. The van der Waals surface area contributed by atoms with Crippen molar-refractivity contribution in [2.75, 3.05) is 13.2 Å². The Kier molecular flexibility index (Phi) is 7.57. The molecule has 0 saturated carbocycles. The van der Waals surface area contributed by atoms with E-state index in [1.54, 1.807) is 0 Å². The summed E-state index contributed by atoms with van der Waals surface area (Å²) >= 11 is 0. The predicted molar refractivity (Wildman–Crippen MR) is 77.6 cm³/mol. The summed E-state index contributed by atoms with van der Waals surface area (Å²) in [7, 11) is 0. The molecule has 0 saturated heterocycles. The molecule has 118 valence electrons. The highest BCUT2D eigenvalue weighted by molar-refractivity contribution is 5.76. The summed E-state index contributed by atoms with van der Waals surface area (Å²) < 4.78 is 0. The molecule has 0 rings (SSSR count). The molecule has 0 heterocycles. The third kappa shape index (κ3) is 7.99. The van der Waals surface area contributed by atoms with Gasteiger partial charge in [0.05, 0.1) is 13.0 Å². The van der Waals surface area contributed by atoms with Gasteiger partial charge < -0.3 is 20.4 Å². The Morgan fingerprint density at radius 2 is 1.80 bits per heavy atom. The van der Waals surface area contributed by atoms with Gasteiger partial charge in [-0.05, 0) is 25.7 Å². The maximum absolute atomic E-state index is 12.2. The number of aliphatic hydroxyl groups excluding tert-OH is 1. The smallest absolute Gasteiger partial charge is 0.317 e. The minimum atomic E-state index is -0.933. The fourth-order valence-corrected chi connectivity index (χ4v) is 2.08. The number of carboxylic acids is 1. The number of carbonyl (C=O) groups excluding carboxylic acids is 1. The highest BCUT2D eigenvalue weighted by Gasteiger charge is 2.25. The zero-order valence-electron chi connectivity index (χ0n) is 13.1. The van der Waals surface area contributed by atoms with Crippen LogP contribution in [0.1, 0.15) is 47.5 Å². The lowest BCUT2D eigenvalue weighted by Gasteiger charge is -2.31. The van der Waals surface area contributed by atoms with Crippen LogP contribution in [0.5, 0.6) is 0 Å². The van der Waals surface area contributed by atoms with E-state index in [2.05, 4.69) is 5.32 Å². The topological polar surface area (TPSA) is 89.9 Å². The van der Waals surface area contributed by atoms with Gasteiger partial charge >= 0.3 is 12.0 Å². The molecular weight excluding hydrogens is 260 g/mol. The fraction of sp³-hybridized carbons (Fsp3) is 0.857. The molecule has 20 heavy (non-hydrogen) atoms. The molecule has 0 aliphatic carbocycles. The molecule has 0 radical (unpaired) electrons. The van der Waals surface area contributed by atoms with Crippen LogP contribution in [0.2, 0.25) is 0 Å². The zero-order chi connectivity index (χ0) is 15.9. The molecule has 1 atom stereocenters. The number of carbonyl (C=O) groups is 2. The lowest BCUT2D eigenvalue weighted by atomic mass is 9.87. The number of rotatable bonds is 7. The van der Waals surface area contributed by atoms with Crippen LogP contribution in [-0.4, -0.2) is 52.3 Å². The van der Waals surface area contributed by atoms with Crippen molar-refractivity contribution in [2.24, 2.45) is 5.41 Å². The van der Waals surface area contributed by atoms with E-state index >= 15 is 0 Å². The Bertz CT molecular complexity index is 324. The maximum Gasteiger partial charge on any atom is 0.317 e. The first-order valence-corrected chi connectivity index (χ1v) is 6.96. The number of amides is 2. The first-order valence-electron chi connectivity index (χ1n) is 6.96. The van der Waals surface area contributed by atoms with Crippen LogP contribution in [0.4, 0.5) is 4.79 Å². The molecule has 0 aromatic rings. The normalized spacial score (nSPS) is 13.2. The van der Waals surface area contributed by atoms with Gasteiger partial charge in [-0.1, -0.05) is 20.8 Å². The molecule has 1 unspecified atom stereocenters. The van der Waals surface area contributed by atoms with Crippen LogP contribution in [0.15, 0.2) is 0 Å².